The van der Waals surface area contributed by atoms with Crippen LogP contribution in [0.3, 0.4) is 0 Å². The van der Waals surface area contributed by atoms with Crippen LogP contribution < -0.4 is 5.32 Å². The van der Waals surface area contributed by atoms with E-state index in [1.54, 1.807) is 4.68 Å². The smallest absolute Gasteiger partial charge is 0.322 e. The van der Waals surface area contributed by atoms with Gasteiger partial charge in [-0.05, 0) is 37.1 Å². The Morgan fingerprint density at radius 1 is 1.35 bits per heavy atom. The van der Waals surface area contributed by atoms with E-state index in [1.807, 2.05) is 13.8 Å². The van der Waals surface area contributed by atoms with E-state index in [-0.39, 0.29) is 18.0 Å². The average Bonchev–Trinajstić information content (AvgIpc) is 3.13. The van der Waals surface area contributed by atoms with E-state index in [1.165, 1.54) is 4.90 Å². The van der Waals surface area contributed by atoms with Gasteiger partial charge in [0.15, 0.2) is 5.82 Å². The lowest BCUT2D eigenvalue weighted by molar-refractivity contribution is -0.132. The maximum absolute atomic E-state index is 12.7. The molecule has 1 atom stereocenters. The molecule has 0 bridgehead atoms. The van der Waals surface area contributed by atoms with E-state index in [0.29, 0.717) is 19.5 Å². The first kappa shape index (κ1) is 15.9. The normalized spacial score (nSPS) is 25.1. The zero-order valence-corrected chi connectivity index (χ0v) is 13.8. The lowest BCUT2D eigenvalue weighted by Gasteiger charge is -2.23. The fourth-order valence-electron chi connectivity index (χ4n) is 3.33. The second-order valence-electron chi connectivity index (χ2n) is 6.56. The lowest BCUT2D eigenvalue weighted by Crippen LogP contribution is -2.49. The van der Waals surface area contributed by atoms with E-state index in [9.17, 15) is 9.59 Å². The molecule has 2 fully saturated rings. The first-order valence-corrected chi connectivity index (χ1v) is 8.10. The number of likely N-dealkylation sites (tertiary alicyclic amines) is 1. The summed E-state index contributed by atoms with van der Waals surface area (Å²) in [4.78, 5) is 28.2. The van der Waals surface area contributed by atoms with Crippen molar-refractivity contribution in [3.05, 3.63) is 5.82 Å². The Morgan fingerprint density at radius 3 is 2.78 bits per heavy atom. The number of nitrogens with zero attached hydrogens (tertiary/aromatic N) is 6. The number of rotatable bonds is 5. The summed E-state index contributed by atoms with van der Waals surface area (Å²) in [6, 6.07) is -0.421. The molecule has 1 spiro atoms. The van der Waals surface area contributed by atoms with Crippen molar-refractivity contribution in [1.82, 2.24) is 35.3 Å². The number of hydrogen-bond donors (Lipinski definition) is 1. The minimum atomic E-state index is -0.787. The van der Waals surface area contributed by atoms with E-state index < -0.39 is 5.54 Å². The fourth-order valence-corrected chi connectivity index (χ4v) is 3.33. The number of aromatic nitrogens is 4. The third-order valence-electron chi connectivity index (χ3n) is 4.46. The number of carbonyl (C=O) groups is 2. The number of aryl methyl sites for hydroxylation is 1. The zero-order valence-electron chi connectivity index (χ0n) is 13.8. The number of nitrogens with one attached hydrogen (secondary N) is 1. The Labute approximate surface area is 135 Å². The van der Waals surface area contributed by atoms with Gasteiger partial charge in [0.2, 0.25) is 0 Å². The average molecular weight is 321 g/mol. The van der Waals surface area contributed by atoms with Crippen molar-refractivity contribution in [3.63, 3.8) is 0 Å². The summed E-state index contributed by atoms with van der Waals surface area (Å²) >= 11 is 0. The molecule has 0 saturated carbocycles. The third kappa shape index (κ3) is 2.69. The molecule has 1 aromatic heterocycles. The van der Waals surface area contributed by atoms with E-state index in [0.717, 1.165) is 25.3 Å². The second-order valence-corrected chi connectivity index (χ2v) is 6.56. The van der Waals surface area contributed by atoms with Crippen LogP contribution >= 0.6 is 0 Å². The summed E-state index contributed by atoms with van der Waals surface area (Å²) in [5.41, 5.74) is -0.787. The molecule has 0 unspecified atom stereocenters. The fraction of sp³-hybridized carbons (Fsp3) is 0.786. The third-order valence-corrected chi connectivity index (χ3v) is 4.46. The molecule has 0 aromatic carbocycles. The van der Waals surface area contributed by atoms with Crippen molar-refractivity contribution in [2.75, 3.05) is 13.1 Å². The topological polar surface area (TPSA) is 96.2 Å². The standard InChI is InChI=1S/C14H23N7O2/c1-4-6-20-11(16-17-18-20)8-19-7-5-14(9-19)12(22)21(10(2)3)13(23)15-14/h10H,4-9H2,1-3H3,(H,15,23)/t14-/m0/s1. The number of tetrazole rings is 1. The molecule has 9 nitrogen and oxygen atoms in total. The molecule has 1 aromatic rings. The highest BCUT2D eigenvalue weighted by Crippen LogP contribution is 2.30. The van der Waals surface area contributed by atoms with Gasteiger partial charge in [-0.1, -0.05) is 6.92 Å². The highest BCUT2D eigenvalue weighted by atomic mass is 16.2. The van der Waals surface area contributed by atoms with Crippen LogP contribution in [0.5, 0.6) is 0 Å². The molecule has 2 aliphatic heterocycles. The molecule has 0 aliphatic carbocycles. The highest BCUT2D eigenvalue weighted by Gasteiger charge is 2.55. The first-order valence-electron chi connectivity index (χ1n) is 8.10. The van der Waals surface area contributed by atoms with Gasteiger partial charge in [0, 0.05) is 25.7 Å². The molecule has 3 rings (SSSR count). The molecule has 9 heteroatoms. The van der Waals surface area contributed by atoms with Crippen LogP contribution in [0.4, 0.5) is 4.79 Å². The molecular formula is C14H23N7O2. The first-order chi connectivity index (χ1) is 11.0. The Hall–Kier alpha value is -2.03. The molecular weight excluding hydrogens is 298 g/mol. The summed E-state index contributed by atoms with van der Waals surface area (Å²) in [6.45, 7) is 8.36. The highest BCUT2D eigenvalue weighted by molar-refractivity contribution is 6.07. The van der Waals surface area contributed by atoms with E-state index >= 15 is 0 Å². The van der Waals surface area contributed by atoms with Gasteiger partial charge in [-0.2, -0.15) is 0 Å². The predicted molar refractivity (Wildman–Crippen MR) is 81.2 cm³/mol. The summed E-state index contributed by atoms with van der Waals surface area (Å²) in [6.07, 6.45) is 1.58. The van der Waals surface area contributed by atoms with Crippen molar-refractivity contribution in [1.29, 1.82) is 0 Å². The van der Waals surface area contributed by atoms with Gasteiger partial charge in [0.05, 0.1) is 6.54 Å². The van der Waals surface area contributed by atoms with Crippen LogP contribution in [0.1, 0.15) is 39.4 Å². The molecule has 3 heterocycles. The molecule has 3 amide bonds. The zero-order chi connectivity index (χ0) is 16.6. The van der Waals surface area contributed by atoms with Crippen LogP contribution in [-0.4, -0.2) is 66.6 Å². The Morgan fingerprint density at radius 2 is 2.13 bits per heavy atom. The molecule has 23 heavy (non-hydrogen) atoms. The van der Waals surface area contributed by atoms with Crippen LogP contribution in [0.15, 0.2) is 0 Å². The molecule has 0 radical (unpaired) electrons. The van der Waals surface area contributed by atoms with Gasteiger partial charge in [0.25, 0.3) is 5.91 Å². The summed E-state index contributed by atoms with van der Waals surface area (Å²) in [5.74, 6) is 0.675. The Kier molecular flexibility index (Phi) is 4.05. The van der Waals surface area contributed by atoms with Crippen molar-refractivity contribution in [2.24, 2.45) is 0 Å². The molecule has 1 N–H and O–H groups in total. The minimum Gasteiger partial charge on any atom is -0.322 e. The van der Waals surface area contributed by atoms with Gasteiger partial charge in [0.1, 0.15) is 5.54 Å². The second kappa shape index (κ2) is 5.88. The lowest BCUT2D eigenvalue weighted by atomic mass is 9.98. The number of hydrogen-bond acceptors (Lipinski definition) is 6. The summed E-state index contributed by atoms with van der Waals surface area (Å²) in [5, 5.41) is 14.7. The van der Waals surface area contributed by atoms with Crippen LogP contribution in [0.2, 0.25) is 0 Å². The number of carbonyl (C=O) groups excluding carboxylic acids is 2. The van der Waals surface area contributed by atoms with E-state index in [4.69, 9.17) is 0 Å². The van der Waals surface area contributed by atoms with Gasteiger partial charge in [-0.3, -0.25) is 14.6 Å². The minimum absolute atomic E-state index is 0.117. The summed E-state index contributed by atoms with van der Waals surface area (Å²) in [7, 11) is 0. The van der Waals surface area contributed by atoms with Gasteiger partial charge in [-0.25, -0.2) is 9.48 Å². The summed E-state index contributed by atoms with van der Waals surface area (Å²) < 4.78 is 1.79. The largest absolute Gasteiger partial charge is 0.325 e. The van der Waals surface area contributed by atoms with Crippen LogP contribution in [0, 0.1) is 0 Å². The number of imide groups is 1. The molecule has 126 valence electrons. The van der Waals surface area contributed by atoms with Crippen molar-refractivity contribution < 1.29 is 9.59 Å². The quantitative estimate of drug-likeness (QED) is 0.766. The maximum atomic E-state index is 12.7. The number of amides is 3. The number of urea groups is 1. The van der Waals surface area contributed by atoms with Crippen molar-refractivity contribution >= 4 is 11.9 Å². The van der Waals surface area contributed by atoms with Crippen LogP contribution in [-0.2, 0) is 17.9 Å². The molecule has 2 saturated heterocycles. The van der Waals surface area contributed by atoms with Crippen molar-refractivity contribution in [3.8, 4) is 0 Å². The van der Waals surface area contributed by atoms with Crippen LogP contribution in [0.25, 0.3) is 0 Å². The van der Waals surface area contributed by atoms with Gasteiger partial charge < -0.3 is 5.32 Å². The predicted octanol–water partition coefficient (Wildman–Crippen LogP) is -0.0122. The Bertz CT molecular complexity index is 614. The monoisotopic (exact) mass is 321 g/mol. The molecule has 2 aliphatic rings. The Balaban J connectivity index is 1.70. The van der Waals surface area contributed by atoms with Gasteiger partial charge in [-0.15, -0.1) is 5.10 Å². The maximum Gasteiger partial charge on any atom is 0.325 e. The van der Waals surface area contributed by atoms with Gasteiger partial charge >= 0.3 is 6.03 Å². The SMILES string of the molecule is CCCn1nnnc1CN1CC[C@@]2(C1)NC(=O)N(C(C)C)C2=O. The van der Waals surface area contributed by atoms with Crippen molar-refractivity contribution in [2.45, 2.75) is 58.3 Å². The van der Waals surface area contributed by atoms with E-state index in [2.05, 4.69) is 32.7 Å².